The molecule has 0 aromatic heterocycles. The second-order valence-corrected chi connectivity index (χ2v) is 4.31. The van der Waals surface area contributed by atoms with Crippen LogP contribution < -0.4 is 5.32 Å². The first kappa shape index (κ1) is 16.7. The van der Waals surface area contributed by atoms with Gasteiger partial charge in [0.15, 0.2) is 0 Å². The van der Waals surface area contributed by atoms with Crippen molar-refractivity contribution in [3.05, 3.63) is 42.5 Å². The van der Waals surface area contributed by atoms with Gasteiger partial charge in [-0.25, -0.2) is 0 Å². The van der Waals surface area contributed by atoms with Crippen molar-refractivity contribution in [1.82, 2.24) is 4.90 Å². The van der Waals surface area contributed by atoms with Crippen molar-refractivity contribution in [2.75, 3.05) is 25.0 Å². The summed E-state index contributed by atoms with van der Waals surface area (Å²) in [6, 6.07) is 8.04. The van der Waals surface area contributed by atoms with Crippen molar-refractivity contribution in [1.29, 1.82) is 5.26 Å². The van der Waals surface area contributed by atoms with E-state index in [-0.39, 0.29) is 6.54 Å². The minimum atomic E-state index is -4.38. The highest BCUT2D eigenvalue weighted by Gasteiger charge is 2.30. The Hall–Kier alpha value is -2.33. The number of alkyl halides is 3. The molecule has 4 nitrogen and oxygen atoms in total. The Morgan fingerprint density at radius 1 is 1.48 bits per heavy atom. The molecule has 0 saturated carbocycles. The van der Waals surface area contributed by atoms with Crippen molar-refractivity contribution in [2.45, 2.75) is 6.18 Å². The lowest BCUT2D eigenvalue weighted by Gasteiger charge is -2.21. The summed E-state index contributed by atoms with van der Waals surface area (Å²) < 4.78 is 37.1. The maximum absolute atomic E-state index is 12.4. The average Bonchev–Trinajstić information content (AvgIpc) is 2.37. The van der Waals surface area contributed by atoms with Crippen LogP contribution in [0, 0.1) is 11.3 Å². The highest BCUT2D eigenvalue weighted by atomic mass is 19.4. The van der Waals surface area contributed by atoms with Gasteiger partial charge in [-0.1, -0.05) is 12.1 Å². The zero-order valence-electron chi connectivity index (χ0n) is 11.2. The van der Waals surface area contributed by atoms with Gasteiger partial charge < -0.3 is 5.32 Å². The molecule has 0 radical (unpaired) electrons. The number of nitrogens with zero attached hydrogens (tertiary/aromatic N) is 2. The quantitative estimate of drug-likeness (QED) is 0.821. The second kappa shape index (κ2) is 7.45. The number of anilines is 1. The molecule has 0 aliphatic heterocycles. The molecular formula is C14H14F3N3O. The molecule has 1 rings (SSSR count). The first-order chi connectivity index (χ1) is 9.84. The van der Waals surface area contributed by atoms with Crippen LogP contribution in [0.1, 0.15) is 5.56 Å². The highest BCUT2D eigenvalue weighted by Crippen LogP contribution is 2.16. The van der Waals surface area contributed by atoms with Gasteiger partial charge in [-0.15, -0.1) is 6.58 Å². The van der Waals surface area contributed by atoms with Crippen LogP contribution in [0.5, 0.6) is 0 Å². The average molecular weight is 297 g/mol. The Balaban J connectivity index is 2.65. The van der Waals surface area contributed by atoms with Crippen molar-refractivity contribution in [3.63, 3.8) is 0 Å². The Bertz CT molecular complexity index is 549. The second-order valence-electron chi connectivity index (χ2n) is 4.31. The molecule has 7 heteroatoms. The minimum absolute atomic E-state index is 0.0504. The van der Waals surface area contributed by atoms with E-state index in [2.05, 4.69) is 11.9 Å². The number of amides is 1. The Morgan fingerprint density at radius 2 is 2.19 bits per heavy atom. The van der Waals surface area contributed by atoms with Gasteiger partial charge in [0.2, 0.25) is 5.91 Å². The normalized spacial score (nSPS) is 11.0. The zero-order chi connectivity index (χ0) is 15.9. The number of rotatable bonds is 6. The first-order valence-corrected chi connectivity index (χ1v) is 6.04. The smallest absolute Gasteiger partial charge is 0.325 e. The number of nitriles is 1. The van der Waals surface area contributed by atoms with Crippen LogP contribution in [-0.4, -0.2) is 36.6 Å². The van der Waals surface area contributed by atoms with Crippen molar-refractivity contribution in [2.24, 2.45) is 0 Å². The third-order valence-electron chi connectivity index (χ3n) is 2.43. The van der Waals surface area contributed by atoms with Crippen LogP contribution >= 0.6 is 0 Å². The van der Waals surface area contributed by atoms with E-state index in [0.717, 1.165) is 4.90 Å². The molecule has 1 aromatic carbocycles. The monoisotopic (exact) mass is 297 g/mol. The maximum atomic E-state index is 12.4. The Kier molecular flexibility index (Phi) is 5.93. The summed E-state index contributed by atoms with van der Waals surface area (Å²) in [5.74, 6) is -0.587. The van der Waals surface area contributed by atoms with E-state index in [4.69, 9.17) is 5.26 Å². The van der Waals surface area contributed by atoms with Gasteiger partial charge in [0, 0.05) is 12.2 Å². The fourth-order valence-corrected chi connectivity index (χ4v) is 1.69. The summed E-state index contributed by atoms with van der Waals surface area (Å²) in [5.41, 5.74) is 0.718. The summed E-state index contributed by atoms with van der Waals surface area (Å²) in [6.07, 6.45) is -3.08. The summed E-state index contributed by atoms with van der Waals surface area (Å²) in [6.45, 7) is 1.71. The molecule has 1 N–H and O–H groups in total. The van der Waals surface area contributed by atoms with Crippen LogP contribution in [0.3, 0.4) is 0 Å². The topological polar surface area (TPSA) is 56.1 Å². The number of carbonyl (C=O) groups excluding carboxylic acids is 1. The fourth-order valence-electron chi connectivity index (χ4n) is 1.69. The largest absolute Gasteiger partial charge is 0.401 e. The first-order valence-electron chi connectivity index (χ1n) is 6.04. The van der Waals surface area contributed by atoms with Crippen LogP contribution in [0.15, 0.2) is 36.9 Å². The molecule has 1 aromatic rings. The standard InChI is InChI=1S/C14H14F3N3O/c1-2-6-20(10-14(15,16)17)9-13(21)19-12-5-3-4-11(7-12)8-18/h2-5,7H,1,6,9-10H2,(H,19,21). The van der Waals surface area contributed by atoms with E-state index in [1.54, 1.807) is 18.2 Å². The van der Waals surface area contributed by atoms with E-state index in [0.29, 0.717) is 11.3 Å². The summed E-state index contributed by atoms with van der Waals surface area (Å²) in [5, 5.41) is 11.2. The molecule has 0 aliphatic carbocycles. The minimum Gasteiger partial charge on any atom is -0.325 e. The molecule has 0 atom stereocenters. The molecular weight excluding hydrogens is 283 g/mol. The zero-order valence-corrected chi connectivity index (χ0v) is 11.2. The van der Waals surface area contributed by atoms with Crippen LogP contribution in [0.2, 0.25) is 0 Å². The van der Waals surface area contributed by atoms with Gasteiger partial charge in [-0.3, -0.25) is 9.69 Å². The Labute approximate surface area is 120 Å². The fraction of sp³-hybridized carbons (Fsp3) is 0.286. The summed E-state index contributed by atoms with van der Waals surface area (Å²) >= 11 is 0. The van der Waals surface area contributed by atoms with Gasteiger partial charge in [-0.2, -0.15) is 18.4 Å². The molecule has 0 unspecified atom stereocenters. The third kappa shape index (κ3) is 6.58. The van der Waals surface area contributed by atoms with E-state index in [1.807, 2.05) is 6.07 Å². The van der Waals surface area contributed by atoms with Gasteiger partial charge in [-0.05, 0) is 18.2 Å². The molecule has 0 aliphatic rings. The molecule has 21 heavy (non-hydrogen) atoms. The lowest BCUT2D eigenvalue weighted by atomic mass is 10.2. The van der Waals surface area contributed by atoms with Gasteiger partial charge in [0.05, 0.1) is 24.7 Å². The van der Waals surface area contributed by atoms with Gasteiger partial charge >= 0.3 is 6.18 Å². The molecule has 0 saturated heterocycles. The number of benzene rings is 1. The third-order valence-corrected chi connectivity index (χ3v) is 2.43. The lowest BCUT2D eigenvalue weighted by molar-refractivity contribution is -0.146. The highest BCUT2D eigenvalue weighted by molar-refractivity contribution is 5.92. The molecule has 0 bridgehead atoms. The number of nitrogens with one attached hydrogen (secondary N) is 1. The summed E-state index contributed by atoms with van der Waals surface area (Å²) in [7, 11) is 0. The molecule has 0 spiro atoms. The number of hydrogen-bond donors (Lipinski definition) is 1. The van der Waals surface area contributed by atoms with Crippen LogP contribution in [-0.2, 0) is 4.79 Å². The molecule has 1 amide bonds. The van der Waals surface area contributed by atoms with Gasteiger partial charge in [0.25, 0.3) is 0 Å². The number of halogens is 3. The van der Waals surface area contributed by atoms with Crippen LogP contribution in [0.25, 0.3) is 0 Å². The lowest BCUT2D eigenvalue weighted by Crippen LogP contribution is -2.39. The predicted octanol–water partition coefficient (Wildman–Crippen LogP) is 2.55. The van der Waals surface area contributed by atoms with Crippen molar-refractivity contribution in [3.8, 4) is 6.07 Å². The van der Waals surface area contributed by atoms with Crippen molar-refractivity contribution >= 4 is 11.6 Å². The molecule has 112 valence electrons. The number of hydrogen-bond acceptors (Lipinski definition) is 3. The predicted molar refractivity (Wildman–Crippen MR) is 72.5 cm³/mol. The van der Waals surface area contributed by atoms with Gasteiger partial charge in [0.1, 0.15) is 0 Å². The molecule has 0 fully saturated rings. The van der Waals surface area contributed by atoms with E-state index < -0.39 is 25.2 Å². The SMILES string of the molecule is C=CCN(CC(=O)Nc1cccc(C#N)c1)CC(F)(F)F. The van der Waals surface area contributed by atoms with E-state index >= 15 is 0 Å². The summed E-state index contributed by atoms with van der Waals surface area (Å²) in [4.78, 5) is 12.7. The van der Waals surface area contributed by atoms with E-state index in [1.165, 1.54) is 12.1 Å². The van der Waals surface area contributed by atoms with Crippen LogP contribution in [0.4, 0.5) is 18.9 Å². The van der Waals surface area contributed by atoms with E-state index in [9.17, 15) is 18.0 Å². The maximum Gasteiger partial charge on any atom is 0.401 e. The number of carbonyl (C=O) groups is 1. The Morgan fingerprint density at radius 3 is 2.76 bits per heavy atom. The van der Waals surface area contributed by atoms with Crippen molar-refractivity contribution < 1.29 is 18.0 Å². The molecule has 0 heterocycles.